The number of hydrogen-bond donors (Lipinski definition) is 2. The average Bonchev–Trinajstić information content (AvgIpc) is 2.62. The SMILES string of the molecule is NC(=NCC(=O)NCC(F)F)N1CCCCCC1. The predicted octanol–water partition coefficient (Wildman–Crippen LogP) is 0.558. The fraction of sp³-hybridized carbons (Fsp3) is 0.818. The Morgan fingerprint density at radius 2 is 1.89 bits per heavy atom. The number of likely N-dealkylation sites (tertiary alicyclic amines) is 1. The van der Waals surface area contributed by atoms with Crippen LogP contribution in [0.2, 0.25) is 0 Å². The third-order valence-electron chi connectivity index (χ3n) is 2.77. The Kier molecular flexibility index (Phi) is 6.38. The van der Waals surface area contributed by atoms with Gasteiger partial charge in [0.25, 0.3) is 6.43 Å². The summed E-state index contributed by atoms with van der Waals surface area (Å²) in [6.45, 7) is 0.842. The molecule has 104 valence electrons. The number of carbonyl (C=O) groups excluding carboxylic acids is 1. The Hall–Kier alpha value is -1.40. The van der Waals surface area contributed by atoms with E-state index in [1.807, 2.05) is 4.90 Å². The fourth-order valence-corrected chi connectivity index (χ4v) is 1.80. The van der Waals surface area contributed by atoms with Gasteiger partial charge < -0.3 is 16.0 Å². The first-order valence-corrected chi connectivity index (χ1v) is 6.19. The number of halogens is 2. The average molecular weight is 262 g/mol. The highest BCUT2D eigenvalue weighted by molar-refractivity contribution is 5.84. The van der Waals surface area contributed by atoms with Crippen LogP contribution in [0.3, 0.4) is 0 Å². The molecule has 0 aliphatic carbocycles. The van der Waals surface area contributed by atoms with Gasteiger partial charge in [0, 0.05) is 13.1 Å². The van der Waals surface area contributed by atoms with Crippen molar-refractivity contribution < 1.29 is 13.6 Å². The van der Waals surface area contributed by atoms with E-state index in [9.17, 15) is 13.6 Å². The molecule has 7 heteroatoms. The van der Waals surface area contributed by atoms with Gasteiger partial charge in [-0.05, 0) is 12.8 Å². The maximum absolute atomic E-state index is 11.8. The minimum Gasteiger partial charge on any atom is -0.370 e. The number of hydrogen-bond acceptors (Lipinski definition) is 2. The summed E-state index contributed by atoms with van der Waals surface area (Å²) in [5.74, 6) is -0.211. The minimum absolute atomic E-state index is 0.199. The van der Waals surface area contributed by atoms with E-state index in [4.69, 9.17) is 5.73 Å². The number of rotatable bonds is 4. The topological polar surface area (TPSA) is 70.7 Å². The van der Waals surface area contributed by atoms with Crippen molar-refractivity contribution in [1.29, 1.82) is 0 Å². The quantitative estimate of drug-likeness (QED) is 0.574. The molecule has 18 heavy (non-hydrogen) atoms. The smallest absolute Gasteiger partial charge is 0.255 e. The molecule has 0 bridgehead atoms. The Morgan fingerprint density at radius 3 is 2.44 bits per heavy atom. The lowest BCUT2D eigenvalue weighted by atomic mass is 10.2. The molecule has 1 saturated heterocycles. The van der Waals surface area contributed by atoms with E-state index < -0.39 is 18.9 Å². The predicted molar refractivity (Wildman–Crippen MR) is 65.5 cm³/mol. The molecule has 0 spiro atoms. The molecule has 1 heterocycles. The van der Waals surface area contributed by atoms with Crippen LogP contribution in [0.25, 0.3) is 0 Å². The number of aliphatic imine (C=N–C) groups is 1. The summed E-state index contributed by atoms with van der Waals surface area (Å²) in [6.07, 6.45) is 1.94. The van der Waals surface area contributed by atoms with Crippen molar-refractivity contribution in [2.45, 2.75) is 32.1 Å². The molecule has 0 aromatic rings. The summed E-state index contributed by atoms with van der Waals surface area (Å²) in [7, 11) is 0. The zero-order valence-electron chi connectivity index (χ0n) is 10.4. The van der Waals surface area contributed by atoms with Gasteiger partial charge in [0.05, 0.1) is 6.54 Å². The van der Waals surface area contributed by atoms with Gasteiger partial charge in [-0.25, -0.2) is 13.8 Å². The van der Waals surface area contributed by atoms with E-state index in [2.05, 4.69) is 10.3 Å². The number of carbonyl (C=O) groups is 1. The lowest BCUT2D eigenvalue weighted by Crippen LogP contribution is -2.39. The summed E-state index contributed by atoms with van der Waals surface area (Å²) >= 11 is 0. The molecule has 0 aromatic carbocycles. The number of guanidine groups is 1. The maximum Gasteiger partial charge on any atom is 0.255 e. The Bertz CT molecular complexity index is 289. The second-order valence-electron chi connectivity index (χ2n) is 4.27. The van der Waals surface area contributed by atoms with Gasteiger partial charge in [-0.1, -0.05) is 12.8 Å². The van der Waals surface area contributed by atoms with E-state index in [1.54, 1.807) is 0 Å². The Balaban J connectivity index is 2.33. The normalized spacial score (nSPS) is 17.7. The summed E-state index contributed by atoms with van der Waals surface area (Å²) < 4.78 is 23.7. The molecule has 1 amide bonds. The molecule has 0 unspecified atom stereocenters. The van der Waals surface area contributed by atoms with Crippen molar-refractivity contribution in [3.63, 3.8) is 0 Å². The molecule has 1 rings (SSSR count). The van der Waals surface area contributed by atoms with Gasteiger partial charge in [-0.15, -0.1) is 0 Å². The summed E-state index contributed by atoms with van der Waals surface area (Å²) in [5.41, 5.74) is 5.77. The molecule has 0 atom stereocenters. The molecular formula is C11H20F2N4O. The fourth-order valence-electron chi connectivity index (χ4n) is 1.80. The van der Waals surface area contributed by atoms with Crippen LogP contribution in [0.1, 0.15) is 25.7 Å². The standard InChI is InChI=1S/C11H20F2N4O/c12-9(13)7-15-10(18)8-16-11(14)17-5-3-1-2-4-6-17/h9H,1-8H2,(H2,14,16)(H,15,18). The number of amides is 1. The number of nitrogens with two attached hydrogens (primary N) is 1. The van der Waals surface area contributed by atoms with Crippen LogP contribution in [0.15, 0.2) is 4.99 Å². The van der Waals surface area contributed by atoms with Crippen LogP contribution in [-0.2, 0) is 4.79 Å². The summed E-state index contributed by atoms with van der Waals surface area (Å²) in [5, 5.41) is 2.08. The first-order chi connectivity index (χ1) is 8.59. The molecule has 0 aromatic heterocycles. The van der Waals surface area contributed by atoms with Crippen LogP contribution in [0.4, 0.5) is 8.78 Å². The van der Waals surface area contributed by atoms with Crippen LogP contribution in [0.5, 0.6) is 0 Å². The summed E-state index contributed by atoms with van der Waals surface area (Å²) in [6, 6.07) is 0. The number of nitrogens with zero attached hydrogens (tertiary/aromatic N) is 2. The monoisotopic (exact) mass is 262 g/mol. The van der Waals surface area contributed by atoms with Crippen molar-refractivity contribution >= 4 is 11.9 Å². The molecule has 1 fully saturated rings. The zero-order valence-corrected chi connectivity index (χ0v) is 10.4. The second kappa shape index (κ2) is 7.84. The third-order valence-corrected chi connectivity index (χ3v) is 2.77. The molecule has 1 aliphatic heterocycles. The zero-order chi connectivity index (χ0) is 13.4. The third kappa shape index (κ3) is 5.79. The van der Waals surface area contributed by atoms with E-state index in [-0.39, 0.29) is 6.54 Å². The van der Waals surface area contributed by atoms with Crippen molar-refractivity contribution in [3.05, 3.63) is 0 Å². The minimum atomic E-state index is -2.54. The van der Waals surface area contributed by atoms with Crippen molar-refractivity contribution in [2.75, 3.05) is 26.2 Å². The molecular weight excluding hydrogens is 242 g/mol. The molecule has 3 N–H and O–H groups in total. The largest absolute Gasteiger partial charge is 0.370 e. The van der Waals surface area contributed by atoms with Gasteiger partial charge in [-0.3, -0.25) is 4.79 Å². The van der Waals surface area contributed by atoms with Gasteiger partial charge >= 0.3 is 0 Å². The van der Waals surface area contributed by atoms with E-state index in [0.29, 0.717) is 5.96 Å². The molecule has 0 saturated carbocycles. The van der Waals surface area contributed by atoms with Crippen LogP contribution < -0.4 is 11.1 Å². The van der Waals surface area contributed by atoms with Gasteiger partial charge in [0.15, 0.2) is 5.96 Å². The lowest BCUT2D eigenvalue weighted by molar-refractivity contribution is -0.120. The van der Waals surface area contributed by atoms with E-state index in [0.717, 1.165) is 25.9 Å². The van der Waals surface area contributed by atoms with Crippen LogP contribution in [-0.4, -0.2) is 49.4 Å². The van der Waals surface area contributed by atoms with E-state index >= 15 is 0 Å². The first kappa shape index (κ1) is 14.7. The Morgan fingerprint density at radius 1 is 1.28 bits per heavy atom. The second-order valence-corrected chi connectivity index (χ2v) is 4.27. The van der Waals surface area contributed by atoms with E-state index in [1.165, 1.54) is 12.8 Å². The van der Waals surface area contributed by atoms with Crippen molar-refractivity contribution in [2.24, 2.45) is 10.7 Å². The van der Waals surface area contributed by atoms with Crippen molar-refractivity contribution in [1.82, 2.24) is 10.2 Å². The van der Waals surface area contributed by atoms with Gasteiger partial charge in [0.1, 0.15) is 6.54 Å². The number of nitrogens with one attached hydrogen (secondary N) is 1. The van der Waals surface area contributed by atoms with Gasteiger partial charge in [-0.2, -0.15) is 0 Å². The number of alkyl halides is 2. The highest BCUT2D eigenvalue weighted by Gasteiger charge is 2.11. The van der Waals surface area contributed by atoms with Gasteiger partial charge in [0.2, 0.25) is 5.91 Å². The lowest BCUT2D eigenvalue weighted by Gasteiger charge is -2.20. The molecule has 1 aliphatic rings. The first-order valence-electron chi connectivity index (χ1n) is 6.19. The Labute approximate surface area is 105 Å². The van der Waals surface area contributed by atoms with Crippen molar-refractivity contribution in [3.8, 4) is 0 Å². The molecule has 5 nitrogen and oxygen atoms in total. The molecule has 0 radical (unpaired) electrons. The maximum atomic E-state index is 11.8. The van der Waals surface area contributed by atoms with Crippen LogP contribution >= 0.6 is 0 Å². The highest BCUT2D eigenvalue weighted by Crippen LogP contribution is 2.08. The summed E-state index contributed by atoms with van der Waals surface area (Å²) in [4.78, 5) is 17.0. The van der Waals surface area contributed by atoms with Crippen LogP contribution in [0, 0.1) is 0 Å². The highest BCUT2D eigenvalue weighted by atomic mass is 19.3.